The largest absolute Gasteiger partial charge is 0.496 e. The van der Waals surface area contributed by atoms with Crippen LogP contribution in [0.25, 0.3) is 0 Å². The average molecular weight is 393 g/mol. The number of ether oxygens (including phenoxy) is 1. The molecular weight excluding hydrogens is 374 g/mol. The zero-order valence-electron chi connectivity index (χ0n) is 14.8. The summed E-state index contributed by atoms with van der Waals surface area (Å²) in [7, 11) is -2.61. The van der Waals surface area contributed by atoms with Crippen LogP contribution in [0, 0.1) is 17.0 Å². The van der Waals surface area contributed by atoms with E-state index in [4.69, 9.17) is 4.74 Å². The number of para-hydroxylation sites is 1. The molecule has 0 saturated carbocycles. The van der Waals surface area contributed by atoms with Crippen molar-refractivity contribution in [1.82, 2.24) is 10.3 Å². The van der Waals surface area contributed by atoms with Crippen LogP contribution in [0.15, 0.2) is 47.4 Å². The monoisotopic (exact) mass is 393 g/mol. The number of amides is 1. The number of nitrogens with one attached hydrogen (secondary N) is 2. The van der Waals surface area contributed by atoms with E-state index in [1.807, 2.05) is 17.0 Å². The fraction of sp³-hybridized carbons (Fsp3) is 0.235. The summed E-state index contributed by atoms with van der Waals surface area (Å²) in [4.78, 5) is 23.8. The highest BCUT2D eigenvalue weighted by molar-refractivity contribution is 7.89. The van der Waals surface area contributed by atoms with Crippen molar-refractivity contribution in [2.45, 2.75) is 24.7 Å². The van der Waals surface area contributed by atoms with Crippen molar-refractivity contribution in [3.8, 4) is 5.75 Å². The Hall–Kier alpha value is -2.98. The fourth-order valence-corrected chi connectivity index (χ4v) is 3.24. The summed E-state index contributed by atoms with van der Waals surface area (Å²) in [6.07, 6.45) is 0.379. The number of hydrazine groups is 1. The van der Waals surface area contributed by atoms with Crippen LogP contribution in [-0.2, 0) is 21.2 Å². The summed E-state index contributed by atoms with van der Waals surface area (Å²) in [5.41, 5.74) is 2.93. The topological polar surface area (TPSA) is 128 Å². The van der Waals surface area contributed by atoms with E-state index in [-0.39, 0.29) is 17.0 Å². The number of hydrogen-bond donors (Lipinski definition) is 2. The van der Waals surface area contributed by atoms with Crippen molar-refractivity contribution in [1.29, 1.82) is 0 Å². The molecule has 0 heterocycles. The molecule has 0 aromatic heterocycles. The van der Waals surface area contributed by atoms with Gasteiger partial charge < -0.3 is 4.74 Å². The van der Waals surface area contributed by atoms with Crippen LogP contribution in [0.3, 0.4) is 0 Å². The Morgan fingerprint density at radius 3 is 2.59 bits per heavy atom. The first-order valence-electron chi connectivity index (χ1n) is 7.92. The van der Waals surface area contributed by atoms with Crippen molar-refractivity contribution in [2.75, 3.05) is 7.11 Å². The highest BCUT2D eigenvalue weighted by atomic mass is 32.2. The van der Waals surface area contributed by atoms with Gasteiger partial charge in [0.1, 0.15) is 5.75 Å². The molecule has 9 nitrogen and oxygen atoms in total. The lowest BCUT2D eigenvalue weighted by molar-refractivity contribution is -0.385. The SMILES string of the molecule is COc1ccccc1CCC(=O)NNS(=O)(=O)c1ccc(C)c([N+](=O)[O-])c1. The Labute approximate surface area is 156 Å². The standard InChI is InChI=1S/C17H19N3O6S/c1-12-7-9-14(11-15(12)20(22)23)27(24,25)19-18-17(21)10-8-13-5-3-4-6-16(13)26-2/h3-7,9,11,19H,8,10H2,1-2H3,(H,18,21). The summed E-state index contributed by atoms with van der Waals surface area (Å²) in [6, 6.07) is 10.7. The molecule has 0 bridgehead atoms. The molecule has 27 heavy (non-hydrogen) atoms. The lowest BCUT2D eigenvalue weighted by Gasteiger charge is -2.10. The van der Waals surface area contributed by atoms with Crippen molar-refractivity contribution < 1.29 is 22.9 Å². The zero-order chi connectivity index (χ0) is 20.0. The molecule has 0 aliphatic rings. The second-order valence-electron chi connectivity index (χ2n) is 5.67. The fourth-order valence-electron chi connectivity index (χ4n) is 2.36. The van der Waals surface area contributed by atoms with Gasteiger partial charge in [-0.3, -0.25) is 20.3 Å². The third-order valence-corrected chi connectivity index (χ3v) is 5.07. The molecule has 0 radical (unpaired) electrons. The number of benzene rings is 2. The van der Waals surface area contributed by atoms with Gasteiger partial charge in [0.15, 0.2) is 0 Å². The van der Waals surface area contributed by atoms with Gasteiger partial charge in [0.25, 0.3) is 15.7 Å². The summed E-state index contributed by atoms with van der Waals surface area (Å²) >= 11 is 0. The van der Waals surface area contributed by atoms with Gasteiger partial charge in [0, 0.05) is 18.1 Å². The molecule has 0 saturated heterocycles. The number of carbonyl (C=O) groups is 1. The third kappa shape index (κ3) is 5.25. The molecule has 2 aromatic rings. The minimum Gasteiger partial charge on any atom is -0.496 e. The Bertz CT molecular complexity index is 959. The van der Waals surface area contributed by atoms with E-state index >= 15 is 0 Å². The molecular formula is C17H19N3O6S. The van der Waals surface area contributed by atoms with E-state index in [1.54, 1.807) is 12.1 Å². The second-order valence-corrected chi connectivity index (χ2v) is 7.35. The van der Waals surface area contributed by atoms with Crippen LogP contribution in [-0.4, -0.2) is 26.4 Å². The molecule has 0 aliphatic heterocycles. The maximum atomic E-state index is 12.2. The Morgan fingerprint density at radius 1 is 1.22 bits per heavy atom. The highest BCUT2D eigenvalue weighted by Crippen LogP contribution is 2.22. The molecule has 0 unspecified atom stereocenters. The molecule has 144 valence electrons. The minimum atomic E-state index is -4.13. The smallest absolute Gasteiger partial charge is 0.273 e. The van der Waals surface area contributed by atoms with Crippen molar-refractivity contribution >= 4 is 21.6 Å². The van der Waals surface area contributed by atoms with Crippen LogP contribution < -0.4 is 15.0 Å². The van der Waals surface area contributed by atoms with Crippen LogP contribution >= 0.6 is 0 Å². The van der Waals surface area contributed by atoms with E-state index in [9.17, 15) is 23.3 Å². The van der Waals surface area contributed by atoms with Crippen molar-refractivity contribution in [3.63, 3.8) is 0 Å². The number of nitrogens with zero attached hydrogens (tertiary/aromatic N) is 1. The van der Waals surface area contributed by atoms with Gasteiger partial charge in [-0.25, -0.2) is 8.42 Å². The van der Waals surface area contributed by atoms with E-state index in [0.29, 0.717) is 17.7 Å². The summed E-state index contributed by atoms with van der Waals surface area (Å²) in [5, 5.41) is 10.9. The van der Waals surface area contributed by atoms with Gasteiger partial charge in [0.2, 0.25) is 5.91 Å². The number of aryl methyl sites for hydroxylation is 2. The van der Waals surface area contributed by atoms with Gasteiger partial charge in [-0.05, 0) is 31.0 Å². The molecule has 0 atom stereocenters. The molecule has 2 N–H and O–H groups in total. The van der Waals surface area contributed by atoms with E-state index in [1.165, 1.54) is 26.2 Å². The number of nitro benzene ring substituents is 1. The van der Waals surface area contributed by atoms with Gasteiger partial charge in [-0.1, -0.05) is 24.3 Å². The first-order chi connectivity index (χ1) is 12.7. The average Bonchev–Trinajstić information content (AvgIpc) is 2.65. The van der Waals surface area contributed by atoms with Crippen LogP contribution in [0.1, 0.15) is 17.5 Å². The lowest BCUT2D eigenvalue weighted by atomic mass is 10.1. The Kier molecular flexibility index (Phi) is 6.48. The van der Waals surface area contributed by atoms with E-state index < -0.39 is 20.9 Å². The van der Waals surface area contributed by atoms with E-state index in [2.05, 4.69) is 5.43 Å². The van der Waals surface area contributed by atoms with Crippen molar-refractivity contribution in [3.05, 3.63) is 63.7 Å². The number of nitro groups is 1. The maximum absolute atomic E-state index is 12.2. The molecule has 2 rings (SSSR count). The Balaban J connectivity index is 1.99. The minimum absolute atomic E-state index is 0.0247. The molecule has 2 aromatic carbocycles. The number of carbonyl (C=O) groups excluding carboxylic acids is 1. The van der Waals surface area contributed by atoms with Gasteiger partial charge >= 0.3 is 0 Å². The number of methoxy groups -OCH3 is 1. The number of hydrogen-bond acceptors (Lipinski definition) is 6. The first-order valence-corrected chi connectivity index (χ1v) is 9.40. The van der Waals surface area contributed by atoms with Gasteiger partial charge in [-0.15, -0.1) is 4.83 Å². The molecule has 10 heteroatoms. The summed E-state index contributed by atoms with van der Waals surface area (Å²) in [6.45, 7) is 1.50. The predicted octanol–water partition coefficient (Wildman–Crippen LogP) is 1.85. The first kappa shape index (κ1) is 20.3. The van der Waals surface area contributed by atoms with Crippen LogP contribution in [0.2, 0.25) is 0 Å². The highest BCUT2D eigenvalue weighted by Gasteiger charge is 2.20. The second kappa shape index (κ2) is 8.60. The molecule has 0 aliphatic carbocycles. The summed E-state index contributed by atoms with van der Waals surface area (Å²) < 4.78 is 29.6. The lowest BCUT2D eigenvalue weighted by Crippen LogP contribution is -2.41. The predicted molar refractivity (Wildman–Crippen MR) is 97.6 cm³/mol. The van der Waals surface area contributed by atoms with Crippen LogP contribution in [0.4, 0.5) is 5.69 Å². The molecule has 1 amide bonds. The number of sulfonamides is 1. The van der Waals surface area contributed by atoms with Crippen molar-refractivity contribution in [2.24, 2.45) is 0 Å². The molecule has 0 fully saturated rings. The number of rotatable bonds is 8. The Morgan fingerprint density at radius 2 is 1.93 bits per heavy atom. The zero-order valence-corrected chi connectivity index (χ0v) is 15.6. The van der Waals surface area contributed by atoms with E-state index in [0.717, 1.165) is 11.6 Å². The quantitative estimate of drug-likeness (QED) is 0.520. The van der Waals surface area contributed by atoms with Crippen LogP contribution in [0.5, 0.6) is 5.75 Å². The van der Waals surface area contributed by atoms with Gasteiger partial charge in [-0.2, -0.15) is 0 Å². The normalized spacial score (nSPS) is 11.0. The maximum Gasteiger partial charge on any atom is 0.273 e. The van der Waals surface area contributed by atoms with Gasteiger partial charge in [0.05, 0.1) is 16.9 Å². The third-order valence-electron chi connectivity index (χ3n) is 3.83. The summed E-state index contributed by atoms with van der Waals surface area (Å²) in [5.74, 6) is 0.0870. The molecule has 0 spiro atoms.